The molecule has 0 unspecified atom stereocenters. The predicted octanol–water partition coefficient (Wildman–Crippen LogP) is 6.67. The topological polar surface area (TPSA) is 85.9 Å². The summed E-state index contributed by atoms with van der Waals surface area (Å²) in [7, 11) is 0. The molecule has 1 N–H and O–H groups in total. The van der Waals surface area contributed by atoms with Crippen molar-refractivity contribution in [3.63, 3.8) is 0 Å². The zero-order chi connectivity index (χ0) is 24.0. The normalized spacial score (nSPS) is 10.8. The van der Waals surface area contributed by atoms with E-state index in [-0.39, 0.29) is 12.2 Å². The molecule has 1 amide bonds. The molecule has 3 rings (SSSR count). The number of halogens is 2. The van der Waals surface area contributed by atoms with E-state index >= 15 is 0 Å². The van der Waals surface area contributed by atoms with E-state index in [0.717, 1.165) is 20.3 Å². The Morgan fingerprint density at radius 1 is 1.15 bits per heavy atom. The van der Waals surface area contributed by atoms with Crippen LogP contribution >= 0.6 is 38.5 Å². The molecule has 0 heterocycles. The summed E-state index contributed by atoms with van der Waals surface area (Å²) in [6.07, 6.45) is 1.54. The summed E-state index contributed by atoms with van der Waals surface area (Å²) in [5, 5.41) is 21.6. The fourth-order valence-electron chi connectivity index (χ4n) is 3.10. The second kappa shape index (κ2) is 11.1. The Morgan fingerprint density at radius 2 is 1.91 bits per heavy atom. The zero-order valence-electron chi connectivity index (χ0n) is 17.9. The van der Waals surface area contributed by atoms with Gasteiger partial charge in [-0.2, -0.15) is 10.5 Å². The Labute approximate surface area is 215 Å². The molecule has 0 aliphatic heterocycles. The van der Waals surface area contributed by atoms with Crippen molar-refractivity contribution >= 4 is 56.2 Å². The molecule has 5 nitrogen and oxygen atoms in total. The molecule has 0 spiro atoms. The molecule has 3 aromatic rings. The molecule has 7 heteroatoms. The molecule has 0 atom stereocenters. The average molecular weight is 612 g/mol. The Bertz CT molecular complexity index is 1310. The quantitative estimate of drug-likeness (QED) is 0.192. The van der Waals surface area contributed by atoms with Gasteiger partial charge >= 0.3 is 0 Å². The van der Waals surface area contributed by atoms with Crippen LogP contribution < -0.4 is 10.1 Å². The molecule has 0 saturated carbocycles. The van der Waals surface area contributed by atoms with E-state index in [1.165, 1.54) is 0 Å². The number of carbonyl (C=O) groups excluding carboxylic acids is 1. The highest BCUT2D eigenvalue weighted by molar-refractivity contribution is 14.1. The summed E-state index contributed by atoms with van der Waals surface area (Å²) in [4.78, 5) is 12.7. The number of carbonyl (C=O) groups is 1. The van der Waals surface area contributed by atoms with Gasteiger partial charge in [0.15, 0.2) is 0 Å². The number of nitrogens with zero attached hydrogens (tertiary/aromatic N) is 2. The number of amides is 1. The number of nitriles is 2. The van der Waals surface area contributed by atoms with Gasteiger partial charge in [0, 0.05) is 11.3 Å². The Kier molecular flexibility index (Phi) is 8.26. The minimum atomic E-state index is -0.467. The molecular weight excluding hydrogens is 593 g/mol. The Balaban J connectivity index is 1.81. The summed E-state index contributed by atoms with van der Waals surface area (Å²) in [6, 6.07) is 20.7. The first-order valence-electron chi connectivity index (χ1n) is 9.93. The fourth-order valence-corrected chi connectivity index (χ4v) is 4.87. The maximum atomic E-state index is 12.7. The van der Waals surface area contributed by atoms with Crippen molar-refractivity contribution in [3.8, 4) is 17.9 Å². The van der Waals surface area contributed by atoms with Crippen LogP contribution in [0, 0.1) is 40.1 Å². The van der Waals surface area contributed by atoms with E-state index in [9.17, 15) is 15.3 Å². The molecule has 164 valence electrons. The molecule has 0 aliphatic rings. The molecule has 3 aromatic carbocycles. The summed E-state index contributed by atoms with van der Waals surface area (Å²) in [5.41, 5.74) is 4.73. The zero-order valence-corrected chi connectivity index (χ0v) is 21.7. The SMILES string of the molecule is Cc1cccc(NC(=O)/C(C#N)=C/c2cc(Br)c(OCc3ccccc3C#N)c(I)c2)c1C. The van der Waals surface area contributed by atoms with Crippen LogP contribution in [0.4, 0.5) is 5.69 Å². The first-order chi connectivity index (χ1) is 15.8. The molecule has 0 bridgehead atoms. The lowest BCUT2D eigenvalue weighted by atomic mass is 10.1. The van der Waals surface area contributed by atoms with Crippen LogP contribution in [0.2, 0.25) is 0 Å². The molecule has 33 heavy (non-hydrogen) atoms. The minimum absolute atomic E-state index is 0.00442. The highest BCUT2D eigenvalue weighted by Crippen LogP contribution is 2.33. The van der Waals surface area contributed by atoms with Gasteiger partial charge < -0.3 is 10.1 Å². The first-order valence-corrected chi connectivity index (χ1v) is 11.8. The van der Waals surface area contributed by atoms with E-state index in [1.807, 2.05) is 62.4 Å². The number of rotatable bonds is 6. The number of aryl methyl sites for hydroxylation is 1. The van der Waals surface area contributed by atoms with Gasteiger partial charge in [0.2, 0.25) is 0 Å². The van der Waals surface area contributed by atoms with Crippen LogP contribution in [0.25, 0.3) is 6.08 Å². The standard InChI is InChI=1S/C26H19BrIN3O2/c1-16-6-5-9-24(17(16)2)31-26(32)21(14-30)10-18-11-22(27)25(23(28)12-18)33-15-20-8-4-3-7-19(20)13-29/h3-12H,15H2,1-2H3,(H,31,32)/b21-10+. The first kappa shape index (κ1) is 24.5. The second-order valence-corrected chi connectivity index (χ2v) is 9.26. The number of hydrogen-bond donors (Lipinski definition) is 1. The molecule has 0 aliphatic carbocycles. The summed E-state index contributed by atoms with van der Waals surface area (Å²) >= 11 is 5.66. The van der Waals surface area contributed by atoms with Crippen molar-refractivity contribution in [2.75, 3.05) is 5.32 Å². The van der Waals surface area contributed by atoms with Gasteiger partial charge in [-0.3, -0.25) is 4.79 Å². The van der Waals surface area contributed by atoms with E-state index in [1.54, 1.807) is 18.2 Å². The number of ether oxygens (including phenoxy) is 1. The minimum Gasteiger partial charge on any atom is -0.487 e. The van der Waals surface area contributed by atoms with E-state index in [4.69, 9.17) is 4.74 Å². The van der Waals surface area contributed by atoms with Gasteiger partial charge in [-0.1, -0.05) is 30.3 Å². The number of nitrogens with one attached hydrogen (secondary N) is 1. The van der Waals surface area contributed by atoms with Crippen molar-refractivity contribution in [2.45, 2.75) is 20.5 Å². The van der Waals surface area contributed by atoms with Crippen LogP contribution in [-0.4, -0.2) is 5.91 Å². The predicted molar refractivity (Wildman–Crippen MR) is 140 cm³/mol. The van der Waals surface area contributed by atoms with E-state index in [2.05, 4.69) is 49.9 Å². The fraction of sp³-hybridized carbons (Fsp3) is 0.115. The maximum absolute atomic E-state index is 12.7. The van der Waals surface area contributed by atoms with Crippen molar-refractivity contribution in [1.82, 2.24) is 0 Å². The third-order valence-electron chi connectivity index (χ3n) is 5.06. The third kappa shape index (κ3) is 6.01. The van der Waals surface area contributed by atoms with Gasteiger partial charge in [0.1, 0.15) is 24.0 Å². The van der Waals surface area contributed by atoms with Gasteiger partial charge in [-0.15, -0.1) is 0 Å². The molecule has 0 aromatic heterocycles. The lowest BCUT2D eigenvalue weighted by Gasteiger charge is -2.13. The van der Waals surface area contributed by atoms with Crippen LogP contribution in [0.1, 0.15) is 27.8 Å². The molecule has 0 saturated heterocycles. The van der Waals surface area contributed by atoms with Crippen molar-refractivity contribution < 1.29 is 9.53 Å². The smallest absolute Gasteiger partial charge is 0.266 e. The summed E-state index contributed by atoms with van der Waals surface area (Å²) in [6.45, 7) is 4.14. The van der Waals surface area contributed by atoms with Gasteiger partial charge in [-0.25, -0.2) is 0 Å². The molecule has 0 radical (unpaired) electrons. The van der Waals surface area contributed by atoms with Gasteiger partial charge in [0.25, 0.3) is 5.91 Å². The Morgan fingerprint density at radius 3 is 2.61 bits per heavy atom. The lowest BCUT2D eigenvalue weighted by Crippen LogP contribution is -2.14. The van der Waals surface area contributed by atoms with Crippen LogP contribution in [0.5, 0.6) is 5.75 Å². The van der Waals surface area contributed by atoms with Gasteiger partial charge in [0.05, 0.1) is 19.7 Å². The van der Waals surface area contributed by atoms with Crippen molar-refractivity contribution in [1.29, 1.82) is 10.5 Å². The van der Waals surface area contributed by atoms with Gasteiger partial charge in [-0.05, 0) is 99.4 Å². The highest BCUT2D eigenvalue weighted by atomic mass is 127. The number of hydrogen-bond acceptors (Lipinski definition) is 4. The Hall–Kier alpha value is -3.14. The summed E-state index contributed by atoms with van der Waals surface area (Å²) < 4.78 is 7.45. The maximum Gasteiger partial charge on any atom is 0.266 e. The van der Waals surface area contributed by atoms with Crippen molar-refractivity contribution in [2.24, 2.45) is 0 Å². The van der Waals surface area contributed by atoms with E-state index in [0.29, 0.717) is 27.0 Å². The summed E-state index contributed by atoms with van der Waals surface area (Å²) in [5.74, 6) is 0.157. The third-order valence-corrected chi connectivity index (χ3v) is 6.45. The average Bonchev–Trinajstić information content (AvgIpc) is 2.80. The van der Waals surface area contributed by atoms with Crippen LogP contribution in [0.3, 0.4) is 0 Å². The van der Waals surface area contributed by atoms with Crippen LogP contribution in [-0.2, 0) is 11.4 Å². The molecule has 0 fully saturated rings. The molecular formula is C26H19BrIN3O2. The lowest BCUT2D eigenvalue weighted by molar-refractivity contribution is -0.112. The largest absolute Gasteiger partial charge is 0.487 e. The number of anilines is 1. The van der Waals surface area contributed by atoms with E-state index < -0.39 is 5.91 Å². The second-order valence-electron chi connectivity index (χ2n) is 7.24. The number of benzene rings is 3. The monoisotopic (exact) mass is 611 g/mol. The van der Waals surface area contributed by atoms with Crippen molar-refractivity contribution in [3.05, 3.63) is 96.0 Å². The highest BCUT2D eigenvalue weighted by Gasteiger charge is 2.14. The van der Waals surface area contributed by atoms with Crippen LogP contribution in [0.15, 0.2) is 64.6 Å².